The van der Waals surface area contributed by atoms with Gasteiger partial charge in [0, 0.05) is 25.4 Å². The predicted octanol–water partition coefficient (Wildman–Crippen LogP) is 3.63. The summed E-state index contributed by atoms with van der Waals surface area (Å²) in [6, 6.07) is 4.72. The van der Waals surface area contributed by atoms with Crippen molar-refractivity contribution in [2.24, 2.45) is 10.9 Å². The van der Waals surface area contributed by atoms with Crippen LogP contribution >= 0.6 is 11.8 Å². The number of nitrogens with zero attached hydrogens (tertiary/aromatic N) is 2. The van der Waals surface area contributed by atoms with Crippen LogP contribution in [0.4, 0.5) is 17.6 Å². The zero-order chi connectivity index (χ0) is 20.6. The van der Waals surface area contributed by atoms with Crippen LogP contribution in [0, 0.1) is 11.7 Å². The van der Waals surface area contributed by atoms with E-state index in [0.717, 1.165) is 17.5 Å². The number of guanidine groups is 1. The highest BCUT2D eigenvalue weighted by molar-refractivity contribution is 7.97. The summed E-state index contributed by atoms with van der Waals surface area (Å²) in [5.74, 6) is 1.23. The highest BCUT2D eigenvalue weighted by Crippen LogP contribution is 2.22. The quantitative estimate of drug-likeness (QED) is 0.383. The molecule has 0 aliphatic carbocycles. The second kappa shape index (κ2) is 10.9. The number of nitrogens with one attached hydrogen (secondary N) is 2. The van der Waals surface area contributed by atoms with Crippen molar-refractivity contribution in [3.63, 3.8) is 0 Å². The molecule has 28 heavy (non-hydrogen) atoms. The molecule has 2 N–H and O–H groups in total. The van der Waals surface area contributed by atoms with E-state index in [-0.39, 0.29) is 11.7 Å². The number of hydrogen-bond donors (Lipinski definition) is 2. The van der Waals surface area contributed by atoms with Crippen molar-refractivity contribution in [3.8, 4) is 0 Å². The molecule has 1 saturated heterocycles. The van der Waals surface area contributed by atoms with Gasteiger partial charge in [-0.15, -0.1) is 0 Å². The SMILES string of the molecule is CCNC(=NCc1ccc(F)cc1CSC)NCC1CCN(CC(F)(F)F)C1. The Labute approximate surface area is 168 Å². The number of alkyl halides is 3. The third-order valence-electron chi connectivity index (χ3n) is 4.55. The molecule has 1 atom stereocenters. The Kier molecular flexibility index (Phi) is 8.88. The monoisotopic (exact) mass is 420 g/mol. The molecule has 1 aromatic carbocycles. The maximum absolute atomic E-state index is 13.5. The van der Waals surface area contributed by atoms with Crippen molar-refractivity contribution in [3.05, 3.63) is 35.1 Å². The molecule has 9 heteroatoms. The van der Waals surface area contributed by atoms with E-state index in [1.807, 2.05) is 13.2 Å². The van der Waals surface area contributed by atoms with Gasteiger partial charge in [-0.2, -0.15) is 24.9 Å². The smallest absolute Gasteiger partial charge is 0.357 e. The van der Waals surface area contributed by atoms with Gasteiger partial charge in [-0.3, -0.25) is 4.90 Å². The van der Waals surface area contributed by atoms with Gasteiger partial charge >= 0.3 is 6.18 Å². The van der Waals surface area contributed by atoms with E-state index in [9.17, 15) is 17.6 Å². The minimum atomic E-state index is -4.15. The fourth-order valence-electron chi connectivity index (χ4n) is 3.26. The first-order chi connectivity index (χ1) is 13.3. The Hall–Kier alpha value is -1.48. The van der Waals surface area contributed by atoms with Gasteiger partial charge < -0.3 is 10.6 Å². The van der Waals surface area contributed by atoms with Crippen LogP contribution in [0.1, 0.15) is 24.5 Å². The second-order valence-electron chi connectivity index (χ2n) is 6.93. The Balaban J connectivity index is 1.91. The van der Waals surface area contributed by atoms with Crippen molar-refractivity contribution in [2.75, 3.05) is 39.0 Å². The summed E-state index contributed by atoms with van der Waals surface area (Å²) in [6.07, 6.45) is -1.45. The molecule has 0 bridgehead atoms. The molecule has 158 valence electrons. The van der Waals surface area contributed by atoms with Crippen LogP contribution in [-0.4, -0.2) is 56.0 Å². The van der Waals surface area contributed by atoms with E-state index in [4.69, 9.17) is 0 Å². The lowest BCUT2D eigenvalue weighted by atomic mass is 10.1. The van der Waals surface area contributed by atoms with Gasteiger partial charge in [-0.05, 0) is 55.3 Å². The summed E-state index contributed by atoms with van der Waals surface area (Å²) in [5.41, 5.74) is 1.89. The molecule has 1 unspecified atom stereocenters. The molecule has 0 saturated carbocycles. The first kappa shape index (κ1) is 22.8. The molecule has 4 nitrogen and oxygen atoms in total. The molecule has 0 amide bonds. The van der Waals surface area contributed by atoms with Crippen LogP contribution in [0.5, 0.6) is 0 Å². The number of halogens is 4. The molecule has 1 aliphatic rings. The molecule has 1 heterocycles. The first-order valence-corrected chi connectivity index (χ1v) is 10.8. The minimum Gasteiger partial charge on any atom is -0.357 e. The van der Waals surface area contributed by atoms with E-state index in [1.54, 1.807) is 17.8 Å². The lowest BCUT2D eigenvalue weighted by Crippen LogP contribution is -2.40. The molecule has 0 spiro atoms. The standard InChI is InChI=1S/C19H28F4N4S/c1-3-24-18(25-9-14-6-7-27(11-14)13-19(21,22)23)26-10-15-4-5-17(20)8-16(15)12-28-2/h4-5,8,14H,3,6-7,9-13H2,1-2H3,(H2,24,25,26). The van der Waals surface area contributed by atoms with Crippen LogP contribution in [0.15, 0.2) is 23.2 Å². The normalized spacial score (nSPS) is 18.5. The van der Waals surface area contributed by atoms with Gasteiger partial charge in [0.15, 0.2) is 5.96 Å². The summed E-state index contributed by atoms with van der Waals surface area (Å²) < 4.78 is 51.0. The molecule has 0 radical (unpaired) electrons. The molecule has 1 aliphatic heterocycles. The second-order valence-corrected chi connectivity index (χ2v) is 7.79. The van der Waals surface area contributed by atoms with Gasteiger partial charge in [-0.1, -0.05) is 6.07 Å². The maximum atomic E-state index is 13.5. The Morgan fingerprint density at radius 1 is 1.29 bits per heavy atom. The lowest BCUT2D eigenvalue weighted by molar-refractivity contribution is -0.143. The van der Waals surface area contributed by atoms with Gasteiger partial charge in [0.2, 0.25) is 0 Å². The first-order valence-electron chi connectivity index (χ1n) is 9.38. The third kappa shape index (κ3) is 7.87. The number of aliphatic imine (C=N–C) groups is 1. The fourth-order valence-corrected chi connectivity index (χ4v) is 3.84. The molecular formula is C19H28F4N4S. The number of thioether (sulfide) groups is 1. The van der Waals surface area contributed by atoms with Gasteiger partial charge in [0.1, 0.15) is 5.82 Å². The lowest BCUT2D eigenvalue weighted by Gasteiger charge is -2.18. The molecule has 1 fully saturated rings. The average Bonchev–Trinajstić information content (AvgIpc) is 3.04. The van der Waals surface area contributed by atoms with Crippen molar-refractivity contribution in [1.29, 1.82) is 0 Å². The molecule has 1 aromatic rings. The van der Waals surface area contributed by atoms with Crippen LogP contribution < -0.4 is 10.6 Å². The van der Waals surface area contributed by atoms with Gasteiger partial charge in [0.05, 0.1) is 13.1 Å². The maximum Gasteiger partial charge on any atom is 0.401 e. The number of benzene rings is 1. The van der Waals surface area contributed by atoms with E-state index >= 15 is 0 Å². The Bertz CT molecular complexity index is 651. The fraction of sp³-hybridized carbons (Fsp3) is 0.632. The number of likely N-dealkylation sites (tertiary alicyclic amines) is 1. The van der Waals surface area contributed by atoms with E-state index < -0.39 is 12.7 Å². The van der Waals surface area contributed by atoms with Crippen LogP contribution in [0.25, 0.3) is 0 Å². The average molecular weight is 421 g/mol. The topological polar surface area (TPSA) is 39.7 Å². The largest absolute Gasteiger partial charge is 0.401 e. The highest BCUT2D eigenvalue weighted by Gasteiger charge is 2.34. The molecular weight excluding hydrogens is 392 g/mol. The van der Waals surface area contributed by atoms with Crippen molar-refractivity contribution in [1.82, 2.24) is 15.5 Å². The van der Waals surface area contributed by atoms with Gasteiger partial charge in [-0.25, -0.2) is 9.38 Å². The minimum absolute atomic E-state index is 0.157. The highest BCUT2D eigenvalue weighted by atomic mass is 32.2. The summed E-state index contributed by atoms with van der Waals surface area (Å²) in [5, 5.41) is 6.39. The van der Waals surface area contributed by atoms with E-state index in [0.29, 0.717) is 44.4 Å². The van der Waals surface area contributed by atoms with Crippen LogP contribution in [0.3, 0.4) is 0 Å². The zero-order valence-electron chi connectivity index (χ0n) is 16.3. The molecule has 0 aromatic heterocycles. The Morgan fingerprint density at radius 3 is 2.75 bits per heavy atom. The van der Waals surface area contributed by atoms with Crippen LogP contribution in [-0.2, 0) is 12.3 Å². The van der Waals surface area contributed by atoms with Crippen molar-refractivity contribution >= 4 is 17.7 Å². The van der Waals surface area contributed by atoms with Crippen LogP contribution in [0.2, 0.25) is 0 Å². The summed E-state index contributed by atoms with van der Waals surface area (Å²) in [4.78, 5) is 6.01. The third-order valence-corrected chi connectivity index (χ3v) is 5.15. The number of hydrogen-bond acceptors (Lipinski definition) is 3. The van der Waals surface area contributed by atoms with E-state index in [2.05, 4.69) is 15.6 Å². The van der Waals surface area contributed by atoms with E-state index in [1.165, 1.54) is 17.0 Å². The van der Waals surface area contributed by atoms with Crippen molar-refractivity contribution in [2.45, 2.75) is 31.8 Å². The van der Waals surface area contributed by atoms with Gasteiger partial charge in [0.25, 0.3) is 0 Å². The summed E-state index contributed by atoms with van der Waals surface area (Å²) in [6.45, 7) is 3.67. The summed E-state index contributed by atoms with van der Waals surface area (Å²) >= 11 is 1.62. The Morgan fingerprint density at radius 2 is 2.07 bits per heavy atom. The summed E-state index contributed by atoms with van der Waals surface area (Å²) in [7, 11) is 0. The van der Waals surface area contributed by atoms with Crippen molar-refractivity contribution < 1.29 is 17.6 Å². The predicted molar refractivity (Wildman–Crippen MR) is 107 cm³/mol. The zero-order valence-corrected chi connectivity index (χ0v) is 17.1. The molecule has 2 rings (SSSR count). The number of rotatable bonds is 8.